The number of amides is 1. The molecule has 2 aliphatic rings. The minimum Gasteiger partial charge on any atom is -0.494 e. The second-order valence-electron chi connectivity index (χ2n) is 7.30. The van der Waals surface area contributed by atoms with Crippen LogP contribution in [0.1, 0.15) is 31.9 Å². The molecule has 2 bridgehead atoms. The van der Waals surface area contributed by atoms with Crippen LogP contribution < -0.4 is 10.3 Å². The molecule has 0 N–H and O–H groups in total. The van der Waals surface area contributed by atoms with E-state index < -0.39 is 0 Å². The van der Waals surface area contributed by atoms with Gasteiger partial charge in [-0.2, -0.15) is 0 Å². The number of fused-ring (bicyclic) bond motifs is 4. The van der Waals surface area contributed by atoms with Gasteiger partial charge in [-0.25, -0.2) is 0 Å². The highest BCUT2D eigenvalue weighted by Crippen LogP contribution is 2.36. The van der Waals surface area contributed by atoms with Gasteiger partial charge in [-0.05, 0) is 48.6 Å². The molecule has 1 aromatic carbocycles. The number of likely N-dealkylation sites (tertiary alicyclic amines) is 1. The Labute approximate surface area is 153 Å². The first-order valence-electron chi connectivity index (χ1n) is 9.28. The minimum absolute atomic E-state index is 0.0531. The van der Waals surface area contributed by atoms with Crippen LogP contribution >= 0.6 is 0 Å². The molecule has 2 atom stereocenters. The van der Waals surface area contributed by atoms with E-state index in [-0.39, 0.29) is 17.4 Å². The molecule has 3 heterocycles. The summed E-state index contributed by atoms with van der Waals surface area (Å²) >= 11 is 0. The quantitative estimate of drug-likeness (QED) is 0.853. The lowest BCUT2D eigenvalue weighted by molar-refractivity contribution is -0.131. The summed E-state index contributed by atoms with van der Waals surface area (Å²) in [5.41, 5.74) is 3.05. The van der Waals surface area contributed by atoms with E-state index in [1.807, 2.05) is 40.7 Å². The van der Waals surface area contributed by atoms with E-state index in [0.29, 0.717) is 25.6 Å². The first kappa shape index (κ1) is 16.9. The van der Waals surface area contributed by atoms with Gasteiger partial charge in [0, 0.05) is 44.2 Å². The van der Waals surface area contributed by atoms with Crippen molar-refractivity contribution in [2.24, 2.45) is 5.92 Å². The first-order chi connectivity index (χ1) is 12.5. The van der Waals surface area contributed by atoms with Crippen LogP contribution in [-0.2, 0) is 11.3 Å². The number of carbonyl (C=O) groups is 1. The summed E-state index contributed by atoms with van der Waals surface area (Å²) < 4.78 is 7.41. The van der Waals surface area contributed by atoms with Gasteiger partial charge in [0.15, 0.2) is 0 Å². The largest absolute Gasteiger partial charge is 0.494 e. The van der Waals surface area contributed by atoms with Gasteiger partial charge < -0.3 is 14.2 Å². The normalized spacial score (nSPS) is 21.2. The molecule has 0 radical (unpaired) electrons. The van der Waals surface area contributed by atoms with Crippen LogP contribution in [0.25, 0.3) is 11.1 Å². The average molecular weight is 352 g/mol. The van der Waals surface area contributed by atoms with Crippen molar-refractivity contribution in [2.45, 2.75) is 32.7 Å². The van der Waals surface area contributed by atoms with Crippen molar-refractivity contribution in [3.63, 3.8) is 0 Å². The second-order valence-corrected chi connectivity index (χ2v) is 7.30. The fraction of sp³-hybridized carbons (Fsp3) is 0.429. The van der Waals surface area contributed by atoms with Crippen molar-refractivity contribution < 1.29 is 9.53 Å². The molecule has 0 saturated carbocycles. The van der Waals surface area contributed by atoms with Crippen LogP contribution in [0.15, 0.2) is 41.2 Å². The topological polar surface area (TPSA) is 51.5 Å². The van der Waals surface area contributed by atoms with Crippen molar-refractivity contribution >= 4 is 5.91 Å². The number of rotatable bonds is 3. The highest BCUT2D eigenvalue weighted by molar-refractivity contribution is 5.73. The summed E-state index contributed by atoms with van der Waals surface area (Å²) in [7, 11) is 0. The van der Waals surface area contributed by atoms with Gasteiger partial charge in [-0.15, -0.1) is 0 Å². The zero-order valence-corrected chi connectivity index (χ0v) is 15.3. The molecule has 1 aromatic heterocycles. The van der Waals surface area contributed by atoms with E-state index >= 15 is 0 Å². The molecule has 0 aliphatic carbocycles. The van der Waals surface area contributed by atoms with Gasteiger partial charge in [0.05, 0.1) is 6.61 Å². The highest BCUT2D eigenvalue weighted by atomic mass is 16.5. The van der Waals surface area contributed by atoms with E-state index in [9.17, 15) is 9.59 Å². The average Bonchev–Trinajstić information content (AvgIpc) is 2.63. The van der Waals surface area contributed by atoms with Crippen molar-refractivity contribution in [3.8, 4) is 16.9 Å². The molecule has 4 rings (SSSR count). The smallest absolute Gasteiger partial charge is 0.251 e. The summed E-state index contributed by atoms with van der Waals surface area (Å²) in [6.07, 6.45) is 1.05. The molecule has 136 valence electrons. The molecule has 1 saturated heterocycles. The Kier molecular flexibility index (Phi) is 4.31. The maximum absolute atomic E-state index is 12.7. The summed E-state index contributed by atoms with van der Waals surface area (Å²) in [5.74, 6) is 1.57. The molecule has 2 aliphatic heterocycles. The number of benzene rings is 1. The van der Waals surface area contributed by atoms with Gasteiger partial charge in [-0.1, -0.05) is 12.1 Å². The lowest BCUT2D eigenvalue weighted by atomic mass is 9.82. The van der Waals surface area contributed by atoms with E-state index in [1.54, 1.807) is 13.0 Å². The highest BCUT2D eigenvalue weighted by Gasteiger charge is 2.35. The Morgan fingerprint density at radius 3 is 2.58 bits per heavy atom. The van der Waals surface area contributed by atoms with Crippen LogP contribution in [0.2, 0.25) is 0 Å². The maximum atomic E-state index is 12.7. The number of piperidine rings is 1. The van der Waals surface area contributed by atoms with Gasteiger partial charge in [0.1, 0.15) is 5.75 Å². The van der Waals surface area contributed by atoms with E-state index in [4.69, 9.17) is 4.74 Å². The molecule has 5 heteroatoms. The monoisotopic (exact) mass is 352 g/mol. The van der Waals surface area contributed by atoms with Crippen LogP contribution in [0.4, 0.5) is 0 Å². The van der Waals surface area contributed by atoms with E-state index in [2.05, 4.69) is 6.07 Å². The Morgan fingerprint density at radius 2 is 1.88 bits per heavy atom. The van der Waals surface area contributed by atoms with Crippen molar-refractivity contribution in [3.05, 3.63) is 52.4 Å². The maximum Gasteiger partial charge on any atom is 0.251 e. The molecule has 0 spiro atoms. The number of nitrogens with zero attached hydrogens (tertiary/aromatic N) is 2. The third-order valence-corrected chi connectivity index (χ3v) is 5.50. The molecule has 1 fully saturated rings. The fourth-order valence-electron chi connectivity index (χ4n) is 4.29. The third kappa shape index (κ3) is 3.02. The van der Waals surface area contributed by atoms with Crippen LogP contribution in [0, 0.1) is 5.92 Å². The lowest BCUT2D eigenvalue weighted by Gasteiger charge is -2.42. The van der Waals surface area contributed by atoms with Crippen LogP contribution in [-0.4, -0.2) is 35.1 Å². The lowest BCUT2D eigenvalue weighted by Crippen LogP contribution is -2.48. The van der Waals surface area contributed by atoms with Crippen molar-refractivity contribution in [1.29, 1.82) is 0 Å². The Hall–Kier alpha value is -2.56. The summed E-state index contributed by atoms with van der Waals surface area (Å²) in [5, 5.41) is 0. The Bertz CT molecular complexity index is 885. The predicted molar refractivity (Wildman–Crippen MR) is 100 cm³/mol. The summed E-state index contributed by atoms with van der Waals surface area (Å²) in [4.78, 5) is 26.5. The zero-order chi connectivity index (χ0) is 18.3. The predicted octanol–water partition coefficient (Wildman–Crippen LogP) is 2.88. The molecule has 2 aromatic rings. The Morgan fingerprint density at radius 1 is 1.12 bits per heavy atom. The standard InChI is InChI=1S/C21H24N2O3/c1-3-26-19-6-4-16(5-7-19)17-9-20-18-8-15(11-22(13-18)14(2)24)12-23(20)21(25)10-17/h4-7,9-10,15,18H,3,8,11-13H2,1-2H3/t15-,18+/m0/s1. The van der Waals surface area contributed by atoms with Gasteiger partial charge in [-0.3, -0.25) is 9.59 Å². The minimum atomic E-state index is 0.0531. The van der Waals surface area contributed by atoms with Gasteiger partial charge in [0.25, 0.3) is 5.56 Å². The summed E-state index contributed by atoms with van der Waals surface area (Å²) in [6, 6.07) is 11.7. The molecular formula is C21H24N2O3. The van der Waals surface area contributed by atoms with E-state index in [1.165, 1.54) is 0 Å². The fourth-order valence-corrected chi connectivity index (χ4v) is 4.29. The SMILES string of the molecule is CCOc1ccc(-c2cc3n(c(=O)c2)C[C@H]2C[C@@H]3CN(C(C)=O)C2)cc1. The van der Waals surface area contributed by atoms with Crippen molar-refractivity contribution in [1.82, 2.24) is 9.47 Å². The van der Waals surface area contributed by atoms with Gasteiger partial charge in [0.2, 0.25) is 5.91 Å². The first-order valence-corrected chi connectivity index (χ1v) is 9.28. The van der Waals surface area contributed by atoms with Crippen molar-refractivity contribution in [2.75, 3.05) is 19.7 Å². The molecule has 26 heavy (non-hydrogen) atoms. The number of hydrogen-bond donors (Lipinski definition) is 0. The summed E-state index contributed by atoms with van der Waals surface area (Å²) in [6.45, 7) is 6.40. The number of carbonyl (C=O) groups excluding carboxylic acids is 1. The number of aromatic nitrogens is 1. The number of ether oxygens (including phenoxy) is 1. The number of pyridine rings is 1. The van der Waals surface area contributed by atoms with Gasteiger partial charge >= 0.3 is 0 Å². The molecule has 0 unspecified atom stereocenters. The molecular weight excluding hydrogens is 328 g/mol. The number of hydrogen-bond acceptors (Lipinski definition) is 3. The molecule has 5 nitrogen and oxygen atoms in total. The zero-order valence-electron chi connectivity index (χ0n) is 15.3. The van der Waals surface area contributed by atoms with Crippen LogP contribution in [0.5, 0.6) is 5.75 Å². The third-order valence-electron chi connectivity index (χ3n) is 5.50. The Balaban J connectivity index is 1.70. The second kappa shape index (κ2) is 6.63. The van der Waals surface area contributed by atoms with Crippen LogP contribution in [0.3, 0.4) is 0 Å². The molecule has 1 amide bonds. The van der Waals surface area contributed by atoms with E-state index in [0.717, 1.165) is 35.5 Å².